The second-order valence-electron chi connectivity index (χ2n) is 4.22. The van der Waals surface area contributed by atoms with Crippen molar-refractivity contribution >= 4 is 17.3 Å². The molecule has 0 amide bonds. The van der Waals surface area contributed by atoms with Crippen molar-refractivity contribution in [3.8, 4) is 10.4 Å². The second kappa shape index (κ2) is 4.90. The van der Waals surface area contributed by atoms with E-state index in [-0.39, 0.29) is 5.97 Å². The summed E-state index contributed by atoms with van der Waals surface area (Å²) in [5.41, 5.74) is 3.77. The molecular formula is C14H15NO2S. The van der Waals surface area contributed by atoms with Crippen LogP contribution in [0.5, 0.6) is 0 Å². The zero-order valence-corrected chi connectivity index (χ0v) is 11.7. The molecule has 4 heteroatoms. The Morgan fingerprint density at radius 2 is 2.00 bits per heavy atom. The van der Waals surface area contributed by atoms with Crippen LogP contribution in [0.15, 0.2) is 18.2 Å². The first kappa shape index (κ1) is 12.8. The molecule has 0 aliphatic carbocycles. The topological polar surface area (TPSA) is 39.2 Å². The number of esters is 1. The molecule has 0 saturated heterocycles. The standard InChI is InChI=1S/C14H15NO2S/c1-8-5-6-9(2)11(7-8)13-12(14(16)17-4)15-10(3)18-13/h5-7H,1-4H3. The predicted molar refractivity (Wildman–Crippen MR) is 73.1 cm³/mol. The third-order valence-electron chi connectivity index (χ3n) is 2.75. The maximum Gasteiger partial charge on any atom is 0.358 e. The smallest absolute Gasteiger partial charge is 0.358 e. The molecule has 3 nitrogen and oxygen atoms in total. The number of carbonyl (C=O) groups excluding carboxylic acids is 1. The highest BCUT2D eigenvalue weighted by atomic mass is 32.1. The normalized spacial score (nSPS) is 10.4. The fourth-order valence-corrected chi connectivity index (χ4v) is 2.81. The van der Waals surface area contributed by atoms with E-state index in [9.17, 15) is 4.79 Å². The molecule has 2 rings (SSSR count). The number of methoxy groups -OCH3 is 1. The Bertz CT molecular complexity index is 602. The van der Waals surface area contributed by atoms with Crippen LogP contribution >= 0.6 is 11.3 Å². The van der Waals surface area contributed by atoms with Crippen LogP contribution < -0.4 is 0 Å². The lowest BCUT2D eigenvalue weighted by Gasteiger charge is -2.06. The average Bonchev–Trinajstić information content (AvgIpc) is 2.73. The van der Waals surface area contributed by atoms with Crippen LogP contribution in [0.1, 0.15) is 26.6 Å². The Morgan fingerprint density at radius 3 is 2.67 bits per heavy atom. The van der Waals surface area contributed by atoms with E-state index < -0.39 is 0 Å². The van der Waals surface area contributed by atoms with Gasteiger partial charge in [-0.1, -0.05) is 23.8 Å². The first-order valence-electron chi connectivity index (χ1n) is 5.66. The van der Waals surface area contributed by atoms with Crippen molar-refractivity contribution in [2.45, 2.75) is 20.8 Å². The largest absolute Gasteiger partial charge is 0.464 e. The number of aryl methyl sites for hydroxylation is 3. The van der Waals surface area contributed by atoms with Crippen molar-refractivity contribution < 1.29 is 9.53 Å². The molecule has 0 aliphatic heterocycles. The second-order valence-corrected chi connectivity index (χ2v) is 5.42. The Morgan fingerprint density at radius 1 is 1.28 bits per heavy atom. The van der Waals surface area contributed by atoms with Gasteiger partial charge in [-0.05, 0) is 31.9 Å². The van der Waals surface area contributed by atoms with Gasteiger partial charge in [-0.3, -0.25) is 0 Å². The quantitative estimate of drug-likeness (QED) is 0.776. The predicted octanol–water partition coefficient (Wildman–Crippen LogP) is 3.52. The van der Waals surface area contributed by atoms with Crippen molar-refractivity contribution in [3.05, 3.63) is 40.0 Å². The highest BCUT2D eigenvalue weighted by Crippen LogP contribution is 2.33. The number of benzene rings is 1. The van der Waals surface area contributed by atoms with Gasteiger partial charge in [0.05, 0.1) is 17.0 Å². The van der Waals surface area contributed by atoms with Crippen LogP contribution in [0, 0.1) is 20.8 Å². The molecule has 1 aromatic carbocycles. The molecule has 94 valence electrons. The van der Waals surface area contributed by atoms with Gasteiger partial charge in [0.15, 0.2) is 5.69 Å². The van der Waals surface area contributed by atoms with E-state index in [2.05, 4.69) is 23.2 Å². The van der Waals surface area contributed by atoms with Crippen LogP contribution in [0.4, 0.5) is 0 Å². The van der Waals surface area contributed by atoms with Gasteiger partial charge < -0.3 is 4.74 Å². The lowest BCUT2D eigenvalue weighted by atomic mass is 10.0. The summed E-state index contributed by atoms with van der Waals surface area (Å²) in [6, 6.07) is 6.19. The molecular weight excluding hydrogens is 246 g/mol. The summed E-state index contributed by atoms with van der Waals surface area (Å²) < 4.78 is 4.79. The van der Waals surface area contributed by atoms with Crippen LogP contribution in [0.25, 0.3) is 10.4 Å². The van der Waals surface area contributed by atoms with E-state index in [1.54, 1.807) is 0 Å². The molecule has 1 aromatic heterocycles. The fraction of sp³-hybridized carbons (Fsp3) is 0.286. The van der Waals surface area contributed by atoms with Crippen LogP contribution in [-0.2, 0) is 4.74 Å². The molecule has 2 aromatic rings. The minimum atomic E-state index is -0.379. The minimum absolute atomic E-state index is 0.379. The number of aromatic nitrogens is 1. The SMILES string of the molecule is COC(=O)c1nc(C)sc1-c1cc(C)ccc1C. The van der Waals surface area contributed by atoms with Crippen molar-refractivity contribution in [1.82, 2.24) is 4.98 Å². The van der Waals surface area contributed by atoms with Gasteiger partial charge in [-0.2, -0.15) is 0 Å². The molecule has 0 fully saturated rings. The first-order valence-corrected chi connectivity index (χ1v) is 6.48. The molecule has 0 unspecified atom stereocenters. The van der Waals surface area contributed by atoms with Gasteiger partial charge >= 0.3 is 5.97 Å². The fourth-order valence-electron chi connectivity index (χ4n) is 1.83. The molecule has 0 atom stereocenters. The highest BCUT2D eigenvalue weighted by Gasteiger charge is 2.19. The van der Waals surface area contributed by atoms with Gasteiger partial charge in [-0.25, -0.2) is 9.78 Å². The Labute approximate surface area is 110 Å². The molecule has 0 bridgehead atoms. The molecule has 1 heterocycles. The Kier molecular flexibility index (Phi) is 3.48. The molecule has 0 spiro atoms. The number of thiazole rings is 1. The van der Waals surface area contributed by atoms with Gasteiger partial charge in [0.1, 0.15) is 0 Å². The number of nitrogens with zero attached hydrogens (tertiary/aromatic N) is 1. The summed E-state index contributed by atoms with van der Waals surface area (Å²) in [6.07, 6.45) is 0. The van der Waals surface area contributed by atoms with Crippen molar-refractivity contribution in [1.29, 1.82) is 0 Å². The highest BCUT2D eigenvalue weighted by molar-refractivity contribution is 7.15. The molecule has 0 aliphatic rings. The third-order valence-corrected chi connectivity index (χ3v) is 3.75. The Hall–Kier alpha value is -1.68. The van der Waals surface area contributed by atoms with Crippen LogP contribution in [0.2, 0.25) is 0 Å². The maximum atomic E-state index is 11.7. The number of rotatable bonds is 2. The number of hydrogen-bond acceptors (Lipinski definition) is 4. The lowest BCUT2D eigenvalue weighted by molar-refractivity contribution is 0.0595. The summed E-state index contributed by atoms with van der Waals surface area (Å²) in [6.45, 7) is 5.96. The molecule has 0 N–H and O–H groups in total. The maximum absolute atomic E-state index is 11.7. The summed E-state index contributed by atoms with van der Waals surface area (Å²) in [5, 5.41) is 0.867. The minimum Gasteiger partial charge on any atom is -0.464 e. The average molecular weight is 261 g/mol. The van der Waals surface area contributed by atoms with Gasteiger partial charge in [0, 0.05) is 0 Å². The molecule has 18 heavy (non-hydrogen) atoms. The first-order chi connectivity index (χ1) is 8.52. The summed E-state index contributed by atoms with van der Waals surface area (Å²) in [4.78, 5) is 16.9. The zero-order chi connectivity index (χ0) is 13.3. The number of hydrogen-bond donors (Lipinski definition) is 0. The van der Waals surface area contributed by atoms with Gasteiger partial charge in [0.25, 0.3) is 0 Å². The van der Waals surface area contributed by atoms with E-state index in [0.29, 0.717) is 5.69 Å². The van der Waals surface area contributed by atoms with Crippen LogP contribution in [-0.4, -0.2) is 18.1 Å². The van der Waals surface area contributed by atoms with Crippen LogP contribution in [0.3, 0.4) is 0 Å². The molecule has 0 radical (unpaired) electrons. The molecule has 0 saturated carbocycles. The summed E-state index contributed by atoms with van der Waals surface area (Å²) in [7, 11) is 1.38. The summed E-state index contributed by atoms with van der Waals surface area (Å²) >= 11 is 1.52. The summed E-state index contributed by atoms with van der Waals surface area (Å²) in [5.74, 6) is -0.379. The number of carbonyl (C=O) groups is 1. The van der Waals surface area contributed by atoms with E-state index in [4.69, 9.17) is 4.74 Å². The zero-order valence-electron chi connectivity index (χ0n) is 10.9. The lowest BCUT2D eigenvalue weighted by Crippen LogP contribution is -2.03. The number of ether oxygens (including phenoxy) is 1. The monoisotopic (exact) mass is 261 g/mol. The Balaban J connectivity index is 2.63. The van der Waals surface area contributed by atoms with E-state index >= 15 is 0 Å². The van der Waals surface area contributed by atoms with E-state index in [0.717, 1.165) is 26.6 Å². The van der Waals surface area contributed by atoms with Gasteiger partial charge in [-0.15, -0.1) is 11.3 Å². The van der Waals surface area contributed by atoms with E-state index in [1.807, 2.05) is 20.8 Å². The van der Waals surface area contributed by atoms with Crippen molar-refractivity contribution in [3.63, 3.8) is 0 Å². The van der Waals surface area contributed by atoms with Crippen molar-refractivity contribution in [2.24, 2.45) is 0 Å². The van der Waals surface area contributed by atoms with Gasteiger partial charge in [0.2, 0.25) is 0 Å². The third kappa shape index (κ3) is 2.29. The van der Waals surface area contributed by atoms with E-state index in [1.165, 1.54) is 18.4 Å². The van der Waals surface area contributed by atoms with Crippen molar-refractivity contribution in [2.75, 3.05) is 7.11 Å².